The highest BCUT2D eigenvalue weighted by molar-refractivity contribution is 7.92. The Labute approximate surface area is 137 Å². The van der Waals surface area contributed by atoms with Crippen molar-refractivity contribution in [2.75, 3.05) is 4.72 Å². The van der Waals surface area contributed by atoms with E-state index in [1.807, 2.05) is 34.6 Å². The van der Waals surface area contributed by atoms with Crippen LogP contribution in [0.2, 0.25) is 0 Å². The number of rotatable bonds is 4. The number of nitrogens with zero attached hydrogens (tertiary/aromatic N) is 2. The minimum atomic E-state index is -3.80. The minimum absolute atomic E-state index is 0.000814. The molecule has 1 aromatic heterocycles. The molecule has 2 aromatic rings. The molecule has 0 amide bonds. The zero-order chi connectivity index (χ0) is 17.4. The zero-order valence-electron chi connectivity index (χ0n) is 14.0. The lowest BCUT2D eigenvalue weighted by molar-refractivity contribution is 0.475. The molecular formula is C16H23N3O3S. The van der Waals surface area contributed by atoms with Crippen LogP contribution in [-0.4, -0.2) is 23.3 Å². The molecule has 0 saturated heterocycles. The molecule has 0 saturated carbocycles. The summed E-state index contributed by atoms with van der Waals surface area (Å²) in [6, 6.07) is 6.06. The first-order valence-electron chi connectivity index (χ1n) is 7.42. The van der Waals surface area contributed by atoms with Crippen LogP contribution in [0.1, 0.15) is 46.4 Å². The van der Waals surface area contributed by atoms with Gasteiger partial charge in [-0.25, -0.2) is 8.42 Å². The minimum Gasteiger partial charge on any atom is -0.508 e. The molecule has 7 heteroatoms. The number of hydrogen-bond donors (Lipinski definition) is 2. The summed E-state index contributed by atoms with van der Waals surface area (Å²) in [5, 5.41) is 13.9. The Balaban J connectivity index is 2.50. The highest BCUT2D eigenvalue weighted by Gasteiger charge is 2.30. The first kappa shape index (κ1) is 17.3. The van der Waals surface area contributed by atoms with E-state index in [-0.39, 0.29) is 16.7 Å². The third-order valence-corrected chi connectivity index (χ3v) is 4.71. The number of benzene rings is 1. The fraction of sp³-hybridized carbons (Fsp3) is 0.438. The Kier molecular flexibility index (Phi) is 4.43. The molecule has 126 valence electrons. The summed E-state index contributed by atoms with van der Waals surface area (Å²) >= 11 is 0. The molecule has 0 aliphatic carbocycles. The van der Waals surface area contributed by atoms with Crippen LogP contribution in [0.3, 0.4) is 0 Å². The van der Waals surface area contributed by atoms with E-state index in [1.54, 1.807) is 23.0 Å². The van der Waals surface area contributed by atoms with Gasteiger partial charge in [-0.15, -0.1) is 0 Å². The van der Waals surface area contributed by atoms with Crippen molar-refractivity contribution in [3.63, 3.8) is 0 Å². The van der Waals surface area contributed by atoms with E-state index >= 15 is 0 Å². The first-order chi connectivity index (χ1) is 10.5. The molecule has 0 bridgehead atoms. The molecule has 0 aliphatic rings. The van der Waals surface area contributed by atoms with Crippen molar-refractivity contribution in [3.8, 4) is 5.75 Å². The average Bonchev–Trinajstić information content (AvgIpc) is 2.83. The van der Waals surface area contributed by atoms with Crippen LogP contribution < -0.4 is 4.72 Å². The van der Waals surface area contributed by atoms with Gasteiger partial charge in [-0.2, -0.15) is 5.10 Å². The number of sulfonamides is 1. The summed E-state index contributed by atoms with van der Waals surface area (Å²) in [5.74, 6) is -0.000814. The normalized spacial score (nSPS) is 12.6. The van der Waals surface area contributed by atoms with Gasteiger partial charge in [-0.05, 0) is 26.0 Å². The lowest BCUT2D eigenvalue weighted by atomic mass is 9.92. The molecule has 2 rings (SSSR count). The van der Waals surface area contributed by atoms with Gasteiger partial charge in [-0.3, -0.25) is 9.40 Å². The molecule has 0 spiro atoms. The number of aromatic nitrogens is 2. The number of phenolic OH excluding ortho intramolecular Hbond substituents is 1. The molecule has 0 aliphatic heterocycles. The summed E-state index contributed by atoms with van der Waals surface area (Å²) in [7, 11) is -3.80. The standard InChI is InChI=1S/C16H23N3O3S/c1-11(2)19-10-14(15(17-19)16(3,4)5)23(21,22)18-12-7-6-8-13(20)9-12/h6-11,18,20H,1-5H3. The summed E-state index contributed by atoms with van der Waals surface area (Å²) in [4.78, 5) is 0.155. The topological polar surface area (TPSA) is 84.2 Å². The molecule has 0 fully saturated rings. The second-order valence-electron chi connectivity index (χ2n) is 6.82. The molecule has 6 nitrogen and oxygen atoms in total. The Morgan fingerprint density at radius 3 is 2.43 bits per heavy atom. The van der Waals surface area contributed by atoms with Crippen LogP contribution in [-0.2, 0) is 15.4 Å². The SMILES string of the molecule is CC(C)n1cc(S(=O)(=O)Nc2cccc(O)c2)c(C(C)(C)C)n1. The Morgan fingerprint density at radius 2 is 1.91 bits per heavy atom. The molecular weight excluding hydrogens is 314 g/mol. The van der Waals surface area contributed by atoms with Crippen molar-refractivity contribution in [1.82, 2.24) is 9.78 Å². The second-order valence-corrected chi connectivity index (χ2v) is 8.47. The van der Waals surface area contributed by atoms with Gasteiger partial charge < -0.3 is 5.11 Å². The molecule has 0 atom stereocenters. The maximum Gasteiger partial charge on any atom is 0.265 e. The summed E-state index contributed by atoms with van der Waals surface area (Å²) < 4.78 is 29.7. The molecule has 23 heavy (non-hydrogen) atoms. The van der Waals surface area contributed by atoms with E-state index in [0.29, 0.717) is 11.4 Å². The van der Waals surface area contributed by atoms with Gasteiger partial charge in [0.1, 0.15) is 10.6 Å². The maximum atomic E-state index is 12.8. The monoisotopic (exact) mass is 337 g/mol. The van der Waals surface area contributed by atoms with Gasteiger partial charge >= 0.3 is 0 Å². The third kappa shape index (κ3) is 3.85. The molecule has 0 radical (unpaired) electrons. The number of nitrogens with one attached hydrogen (secondary N) is 1. The van der Waals surface area contributed by atoms with Crippen molar-refractivity contribution >= 4 is 15.7 Å². The van der Waals surface area contributed by atoms with Crippen molar-refractivity contribution in [2.45, 2.75) is 51.0 Å². The molecule has 2 N–H and O–H groups in total. The van der Waals surface area contributed by atoms with Crippen molar-refractivity contribution < 1.29 is 13.5 Å². The van der Waals surface area contributed by atoms with Crippen LogP contribution in [0.4, 0.5) is 5.69 Å². The quantitative estimate of drug-likeness (QED) is 0.897. The van der Waals surface area contributed by atoms with Crippen molar-refractivity contribution in [1.29, 1.82) is 0 Å². The summed E-state index contributed by atoms with van der Waals surface area (Å²) in [6.07, 6.45) is 1.55. The van der Waals surface area contributed by atoms with Crippen LogP contribution in [0, 0.1) is 0 Å². The zero-order valence-corrected chi connectivity index (χ0v) is 14.8. The van der Waals surface area contributed by atoms with E-state index in [1.165, 1.54) is 12.1 Å². The van der Waals surface area contributed by atoms with Gasteiger partial charge in [-0.1, -0.05) is 26.8 Å². The maximum absolute atomic E-state index is 12.8. The van der Waals surface area contributed by atoms with E-state index in [2.05, 4.69) is 9.82 Å². The molecule has 0 unspecified atom stereocenters. The number of anilines is 1. The Bertz CT molecular complexity index is 802. The number of aromatic hydroxyl groups is 1. The van der Waals surface area contributed by atoms with Gasteiger partial charge in [0.2, 0.25) is 0 Å². The van der Waals surface area contributed by atoms with Crippen LogP contribution in [0.5, 0.6) is 5.75 Å². The van der Waals surface area contributed by atoms with Crippen molar-refractivity contribution in [2.24, 2.45) is 0 Å². The van der Waals surface area contributed by atoms with E-state index in [0.717, 1.165) is 0 Å². The van der Waals surface area contributed by atoms with Crippen LogP contribution in [0.15, 0.2) is 35.4 Å². The lowest BCUT2D eigenvalue weighted by Crippen LogP contribution is -2.20. The third-order valence-electron chi connectivity index (χ3n) is 3.33. The average molecular weight is 337 g/mol. The Hall–Kier alpha value is -2.02. The van der Waals surface area contributed by atoms with Crippen LogP contribution in [0.25, 0.3) is 0 Å². The Morgan fingerprint density at radius 1 is 1.26 bits per heavy atom. The fourth-order valence-corrected chi connectivity index (χ4v) is 3.53. The number of phenols is 1. The summed E-state index contributed by atoms with van der Waals surface area (Å²) in [5.41, 5.74) is 0.407. The smallest absolute Gasteiger partial charge is 0.265 e. The lowest BCUT2D eigenvalue weighted by Gasteiger charge is -2.18. The van der Waals surface area contributed by atoms with Crippen LogP contribution >= 0.6 is 0 Å². The van der Waals surface area contributed by atoms with E-state index in [9.17, 15) is 13.5 Å². The summed E-state index contributed by atoms with van der Waals surface area (Å²) in [6.45, 7) is 9.66. The predicted molar refractivity (Wildman–Crippen MR) is 90.2 cm³/mol. The molecule has 1 aromatic carbocycles. The van der Waals surface area contributed by atoms with E-state index < -0.39 is 15.4 Å². The predicted octanol–water partition coefficient (Wildman–Crippen LogP) is 3.27. The number of hydrogen-bond acceptors (Lipinski definition) is 4. The van der Waals surface area contributed by atoms with Gasteiger partial charge in [0.25, 0.3) is 10.0 Å². The second kappa shape index (κ2) is 5.88. The fourth-order valence-electron chi connectivity index (χ4n) is 2.14. The van der Waals surface area contributed by atoms with Gasteiger partial charge in [0.15, 0.2) is 0 Å². The highest BCUT2D eigenvalue weighted by Crippen LogP contribution is 2.30. The van der Waals surface area contributed by atoms with E-state index in [4.69, 9.17) is 0 Å². The largest absolute Gasteiger partial charge is 0.508 e. The van der Waals surface area contributed by atoms with Crippen molar-refractivity contribution in [3.05, 3.63) is 36.2 Å². The van der Waals surface area contributed by atoms with Gasteiger partial charge in [0.05, 0.1) is 11.4 Å². The highest BCUT2D eigenvalue weighted by atomic mass is 32.2. The molecule has 1 heterocycles. The van der Waals surface area contributed by atoms with Gasteiger partial charge in [0, 0.05) is 23.7 Å². The first-order valence-corrected chi connectivity index (χ1v) is 8.90.